The van der Waals surface area contributed by atoms with Crippen molar-refractivity contribution in [3.63, 3.8) is 0 Å². The smallest absolute Gasteiger partial charge is 0.145 e. The van der Waals surface area contributed by atoms with E-state index in [9.17, 15) is 9.00 Å². The van der Waals surface area contributed by atoms with Gasteiger partial charge in [-0.25, -0.2) is 0 Å². The van der Waals surface area contributed by atoms with Crippen LogP contribution >= 0.6 is 0 Å². The third-order valence-electron chi connectivity index (χ3n) is 2.20. The van der Waals surface area contributed by atoms with E-state index in [1.54, 1.807) is 6.92 Å². The van der Waals surface area contributed by atoms with Gasteiger partial charge in [0.15, 0.2) is 0 Å². The molecule has 0 aliphatic heterocycles. The fraction of sp³-hybridized carbons (Fsp3) is 0.364. The highest BCUT2D eigenvalue weighted by Crippen LogP contribution is 2.16. The molecule has 0 heterocycles. The number of hydrogen-bond donors (Lipinski definition) is 0. The van der Waals surface area contributed by atoms with Gasteiger partial charge in [-0.1, -0.05) is 18.2 Å². The average molecular weight is 210 g/mol. The molecule has 0 fully saturated rings. The fourth-order valence-corrected chi connectivity index (χ4v) is 2.40. The van der Waals surface area contributed by atoms with Gasteiger partial charge in [-0.05, 0) is 32.4 Å². The highest BCUT2D eigenvalue weighted by Gasteiger charge is 2.18. The van der Waals surface area contributed by atoms with Gasteiger partial charge < -0.3 is 0 Å². The van der Waals surface area contributed by atoms with Crippen molar-refractivity contribution in [3.8, 4) is 0 Å². The summed E-state index contributed by atoms with van der Waals surface area (Å²) in [6.45, 7) is 5.08. The lowest BCUT2D eigenvalue weighted by Gasteiger charge is -2.09. The maximum absolute atomic E-state index is 11.9. The van der Waals surface area contributed by atoms with E-state index >= 15 is 0 Å². The molecule has 0 aliphatic carbocycles. The third-order valence-corrected chi connectivity index (χ3v) is 4.07. The maximum atomic E-state index is 11.9. The molecule has 1 rings (SSSR count). The summed E-state index contributed by atoms with van der Waals surface area (Å²) < 4.78 is 11.9. The fourth-order valence-electron chi connectivity index (χ4n) is 1.12. The Morgan fingerprint density at radius 3 is 2.43 bits per heavy atom. The normalized spacial score (nSPS) is 14.8. The van der Waals surface area contributed by atoms with Crippen LogP contribution in [0.3, 0.4) is 0 Å². The molecule has 0 aromatic heterocycles. The molecule has 0 N–H and O–H groups in total. The molecule has 0 spiro atoms. The molecule has 0 saturated carbocycles. The molecule has 1 aromatic rings. The number of aryl methyl sites for hydroxylation is 1. The predicted octanol–water partition coefficient (Wildman–Crippen LogP) is 2.08. The number of hydrogen-bond acceptors (Lipinski definition) is 2. The van der Waals surface area contributed by atoms with Gasteiger partial charge in [-0.15, -0.1) is 0 Å². The molecule has 2 nitrogen and oxygen atoms in total. The van der Waals surface area contributed by atoms with Crippen LogP contribution < -0.4 is 0 Å². The molecule has 0 radical (unpaired) electrons. The van der Waals surface area contributed by atoms with E-state index in [0.29, 0.717) is 0 Å². The lowest BCUT2D eigenvalue weighted by molar-refractivity contribution is -0.116. The first-order chi connectivity index (χ1) is 6.54. The van der Waals surface area contributed by atoms with Gasteiger partial charge in [0.1, 0.15) is 5.78 Å². The lowest BCUT2D eigenvalue weighted by Crippen LogP contribution is -2.20. The summed E-state index contributed by atoms with van der Waals surface area (Å²) in [4.78, 5) is 11.8. The summed E-state index contributed by atoms with van der Waals surface area (Å²) in [7, 11) is -1.22. The minimum absolute atomic E-state index is 0.0356. The first-order valence-electron chi connectivity index (χ1n) is 4.50. The molecule has 14 heavy (non-hydrogen) atoms. The minimum atomic E-state index is -1.22. The number of ketones is 1. The Labute approximate surface area is 86.8 Å². The van der Waals surface area contributed by atoms with Crippen molar-refractivity contribution in [3.05, 3.63) is 29.8 Å². The van der Waals surface area contributed by atoms with Crippen LogP contribution in [0.5, 0.6) is 0 Å². The van der Waals surface area contributed by atoms with Crippen LogP contribution in [0.4, 0.5) is 0 Å². The van der Waals surface area contributed by atoms with E-state index in [2.05, 4.69) is 0 Å². The van der Waals surface area contributed by atoms with Gasteiger partial charge in [0.05, 0.1) is 16.0 Å². The maximum Gasteiger partial charge on any atom is 0.145 e. The summed E-state index contributed by atoms with van der Waals surface area (Å²) in [5.74, 6) is -0.0356. The van der Waals surface area contributed by atoms with E-state index < -0.39 is 16.0 Å². The highest BCUT2D eigenvalue weighted by atomic mass is 32.2. The van der Waals surface area contributed by atoms with Crippen molar-refractivity contribution in [1.82, 2.24) is 0 Å². The molecule has 3 heteroatoms. The molecular formula is C11H14O2S. The van der Waals surface area contributed by atoms with Gasteiger partial charge in [0.25, 0.3) is 0 Å². The molecule has 0 bridgehead atoms. The first-order valence-corrected chi connectivity index (χ1v) is 5.72. The van der Waals surface area contributed by atoms with Gasteiger partial charge in [0.2, 0.25) is 0 Å². The SMILES string of the molecule is CC(=O)C(C)S(=O)c1ccccc1C. The zero-order valence-electron chi connectivity index (χ0n) is 8.61. The Balaban J connectivity index is 3.01. The van der Waals surface area contributed by atoms with Crippen molar-refractivity contribution >= 4 is 16.6 Å². The molecule has 0 saturated heterocycles. The molecule has 2 atom stereocenters. The van der Waals surface area contributed by atoms with E-state index in [1.807, 2.05) is 31.2 Å². The Morgan fingerprint density at radius 1 is 1.36 bits per heavy atom. The molecule has 2 unspecified atom stereocenters. The Kier molecular flexibility index (Phi) is 3.58. The molecule has 76 valence electrons. The van der Waals surface area contributed by atoms with Crippen LogP contribution in [-0.2, 0) is 15.6 Å². The molecule has 1 aromatic carbocycles. The van der Waals surface area contributed by atoms with E-state index in [1.165, 1.54) is 6.92 Å². The van der Waals surface area contributed by atoms with Gasteiger partial charge >= 0.3 is 0 Å². The first kappa shape index (κ1) is 11.1. The average Bonchev–Trinajstić information content (AvgIpc) is 2.16. The van der Waals surface area contributed by atoms with Crippen LogP contribution in [0.1, 0.15) is 19.4 Å². The second-order valence-corrected chi connectivity index (χ2v) is 5.06. The highest BCUT2D eigenvalue weighted by molar-refractivity contribution is 7.86. The minimum Gasteiger partial charge on any atom is -0.299 e. The second-order valence-electron chi connectivity index (χ2n) is 3.32. The quantitative estimate of drug-likeness (QED) is 0.765. The Morgan fingerprint density at radius 2 is 1.93 bits per heavy atom. The summed E-state index contributed by atoms with van der Waals surface area (Å²) >= 11 is 0. The van der Waals surface area contributed by atoms with E-state index in [0.717, 1.165) is 10.5 Å². The monoisotopic (exact) mass is 210 g/mol. The largest absolute Gasteiger partial charge is 0.299 e. The number of carbonyl (C=O) groups is 1. The second kappa shape index (κ2) is 4.51. The van der Waals surface area contributed by atoms with Gasteiger partial charge in [0, 0.05) is 4.90 Å². The zero-order valence-corrected chi connectivity index (χ0v) is 9.43. The van der Waals surface area contributed by atoms with Crippen molar-refractivity contribution in [1.29, 1.82) is 0 Å². The summed E-state index contributed by atoms with van der Waals surface area (Å²) in [5, 5.41) is -0.420. The Bertz CT molecular complexity index is 371. The third kappa shape index (κ3) is 2.29. The molecular weight excluding hydrogens is 196 g/mol. The number of carbonyl (C=O) groups excluding carboxylic acids is 1. The summed E-state index contributed by atoms with van der Waals surface area (Å²) in [6, 6.07) is 7.45. The molecule has 0 aliphatic rings. The van der Waals surface area contributed by atoms with E-state index in [-0.39, 0.29) is 5.78 Å². The van der Waals surface area contributed by atoms with Crippen molar-refractivity contribution < 1.29 is 9.00 Å². The molecule has 0 amide bonds. The van der Waals surface area contributed by atoms with Crippen LogP contribution in [0, 0.1) is 6.92 Å². The van der Waals surface area contributed by atoms with Crippen LogP contribution in [-0.4, -0.2) is 15.2 Å². The van der Waals surface area contributed by atoms with Crippen LogP contribution in [0.25, 0.3) is 0 Å². The number of benzene rings is 1. The van der Waals surface area contributed by atoms with Crippen LogP contribution in [0.15, 0.2) is 29.2 Å². The van der Waals surface area contributed by atoms with Gasteiger partial charge in [-0.3, -0.25) is 9.00 Å². The van der Waals surface area contributed by atoms with Crippen molar-refractivity contribution in [2.24, 2.45) is 0 Å². The van der Waals surface area contributed by atoms with Gasteiger partial charge in [-0.2, -0.15) is 0 Å². The Hall–Kier alpha value is -0.960. The zero-order chi connectivity index (χ0) is 10.7. The number of rotatable bonds is 3. The predicted molar refractivity (Wildman–Crippen MR) is 57.7 cm³/mol. The topological polar surface area (TPSA) is 34.1 Å². The van der Waals surface area contributed by atoms with E-state index in [4.69, 9.17) is 0 Å². The standard InChI is InChI=1S/C11H14O2S/c1-8-6-4-5-7-11(8)14(13)10(3)9(2)12/h4-7,10H,1-3H3. The van der Waals surface area contributed by atoms with Crippen LogP contribution in [0.2, 0.25) is 0 Å². The summed E-state index contributed by atoms with van der Waals surface area (Å²) in [6.07, 6.45) is 0. The number of Topliss-reactive ketones (excluding diaryl/α,β-unsaturated/α-hetero) is 1. The van der Waals surface area contributed by atoms with Crippen molar-refractivity contribution in [2.75, 3.05) is 0 Å². The van der Waals surface area contributed by atoms with Crippen molar-refractivity contribution in [2.45, 2.75) is 30.9 Å². The summed E-state index contributed by atoms with van der Waals surface area (Å²) in [5.41, 5.74) is 0.971. The lowest BCUT2D eigenvalue weighted by atomic mass is 10.2.